The number of fused-ring (bicyclic) bond motifs is 2. The molecule has 0 unspecified atom stereocenters. The standard InChI is InChI=1S/C25H27NO5/c1-17(25(28)26-21-9-4-7-19-6-2-3-8-20(19)21)31-24(27)13-11-18-10-12-22-23(16-18)30-15-5-14-29-22/h2-3,6,8,10-13,16-17,21H,4-5,7,9,14-15H2,1H3,(H,26,28)/b13-11+/t17-,21-/m1/s1. The molecule has 1 aliphatic heterocycles. The summed E-state index contributed by atoms with van der Waals surface area (Å²) >= 11 is 0. The SMILES string of the molecule is C[C@@H](OC(=O)/C=C/c1ccc2c(c1)OCCCO2)C(=O)N[C@@H]1CCCc2ccccc21. The highest BCUT2D eigenvalue weighted by molar-refractivity contribution is 5.90. The van der Waals surface area contributed by atoms with Crippen LogP contribution in [0.5, 0.6) is 11.5 Å². The Morgan fingerprint density at radius 3 is 2.77 bits per heavy atom. The number of hydrogen-bond acceptors (Lipinski definition) is 5. The maximum absolute atomic E-state index is 12.6. The molecule has 6 heteroatoms. The fourth-order valence-corrected chi connectivity index (χ4v) is 3.91. The molecule has 2 aliphatic rings. The second kappa shape index (κ2) is 9.69. The van der Waals surface area contributed by atoms with Crippen LogP contribution in [0.1, 0.15) is 48.9 Å². The number of amides is 1. The third-order valence-corrected chi connectivity index (χ3v) is 5.53. The Labute approximate surface area is 182 Å². The van der Waals surface area contributed by atoms with Gasteiger partial charge < -0.3 is 19.5 Å². The van der Waals surface area contributed by atoms with Crippen molar-refractivity contribution in [1.82, 2.24) is 5.32 Å². The number of ether oxygens (including phenoxy) is 3. The normalized spacial score (nSPS) is 18.5. The van der Waals surface area contributed by atoms with Gasteiger partial charge in [0, 0.05) is 12.5 Å². The smallest absolute Gasteiger partial charge is 0.331 e. The Morgan fingerprint density at radius 2 is 1.90 bits per heavy atom. The van der Waals surface area contributed by atoms with Gasteiger partial charge in [0.15, 0.2) is 17.6 Å². The number of carbonyl (C=O) groups excluding carboxylic acids is 2. The van der Waals surface area contributed by atoms with Crippen molar-refractivity contribution in [2.75, 3.05) is 13.2 Å². The van der Waals surface area contributed by atoms with Gasteiger partial charge in [0.05, 0.1) is 19.3 Å². The number of esters is 1. The lowest BCUT2D eigenvalue weighted by molar-refractivity contribution is -0.150. The highest BCUT2D eigenvalue weighted by Gasteiger charge is 2.25. The molecule has 0 fully saturated rings. The first-order valence-corrected chi connectivity index (χ1v) is 10.8. The molecule has 0 radical (unpaired) electrons. The Kier molecular flexibility index (Phi) is 6.55. The summed E-state index contributed by atoms with van der Waals surface area (Å²) < 4.78 is 16.6. The van der Waals surface area contributed by atoms with Gasteiger partial charge in [-0.2, -0.15) is 0 Å². The average Bonchev–Trinajstić information content (AvgIpc) is 3.03. The van der Waals surface area contributed by atoms with Crippen molar-refractivity contribution in [3.63, 3.8) is 0 Å². The van der Waals surface area contributed by atoms with Crippen LogP contribution in [-0.4, -0.2) is 31.2 Å². The van der Waals surface area contributed by atoms with Crippen LogP contribution in [0.25, 0.3) is 6.08 Å². The summed E-state index contributed by atoms with van der Waals surface area (Å²) in [5.41, 5.74) is 3.20. The fourth-order valence-electron chi connectivity index (χ4n) is 3.91. The fraction of sp³-hybridized carbons (Fsp3) is 0.360. The van der Waals surface area contributed by atoms with Crippen molar-refractivity contribution in [3.05, 3.63) is 65.2 Å². The molecule has 162 valence electrons. The Bertz CT molecular complexity index is 984. The van der Waals surface area contributed by atoms with E-state index in [4.69, 9.17) is 14.2 Å². The molecule has 2 atom stereocenters. The molecule has 0 saturated heterocycles. The van der Waals surface area contributed by atoms with Gasteiger partial charge in [0.25, 0.3) is 5.91 Å². The third-order valence-electron chi connectivity index (χ3n) is 5.53. The first kappa shape index (κ1) is 21.0. The molecule has 6 nitrogen and oxygen atoms in total. The van der Waals surface area contributed by atoms with Gasteiger partial charge in [-0.3, -0.25) is 4.79 Å². The predicted octanol–water partition coefficient (Wildman–Crippen LogP) is 3.99. The zero-order chi connectivity index (χ0) is 21.6. The quantitative estimate of drug-likeness (QED) is 0.584. The van der Waals surface area contributed by atoms with Crippen molar-refractivity contribution >= 4 is 18.0 Å². The van der Waals surface area contributed by atoms with Gasteiger partial charge >= 0.3 is 5.97 Å². The lowest BCUT2D eigenvalue weighted by Gasteiger charge is -2.27. The molecule has 2 aromatic carbocycles. The number of aryl methyl sites for hydroxylation is 1. The van der Waals surface area contributed by atoms with E-state index in [-0.39, 0.29) is 11.9 Å². The summed E-state index contributed by atoms with van der Waals surface area (Å²) in [5.74, 6) is 0.498. The van der Waals surface area contributed by atoms with E-state index in [9.17, 15) is 9.59 Å². The van der Waals surface area contributed by atoms with Gasteiger partial charge in [-0.15, -0.1) is 0 Å². The summed E-state index contributed by atoms with van der Waals surface area (Å²) in [7, 11) is 0. The summed E-state index contributed by atoms with van der Waals surface area (Å²) in [6.07, 6.45) is 5.84. The summed E-state index contributed by atoms with van der Waals surface area (Å²) in [4.78, 5) is 24.8. The predicted molar refractivity (Wildman–Crippen MR) is 117 cm³/mol. The second-order valence-corrected chi connectivity index (χ2v) is 7.82. The van der Waals surface area contributed by atoms with E-state index < -0.39 is 12.1 Å². The van der Waals surface area contributed by atoms with E-state index in [1.165, 1.54) is 11.6 Å². The van der Waals surface area contributed by atoms with Gasteiger partial charge in [0.1, 0.15) is 0 Å². The van der Waals surface area contributed by atoms with Crippen molar-refractivity contribution in [2.24, 2.45) is 0 Å². The highest BCUT2D eigenvalue weighted by atomic mass is 16.5. The second-order valence-electron chi connectivity index (χ2n) is 7.82. The molecule has 1 aliphatic carbocycles. The largest absolute Gasteiger partial charge is 0.490 e. The summed E-state index contributed by atoms with van der Waals surface area (Å²) in [6.45, 7) is 2.81. The number of hydrogen-bond donors (Lipinski definition) is 1. The Hall–Kier alpha value is -3.28. The van der Waals surface area contributed by atoms with E-state index in [1.807, 2.05) is 36.4 Å². The molecule has 1 N–H and O–H groups in total. The Morgan fingerprint density at radius 1 is 1.10 bits per heavy atom. The van der Waals surface area contributed by atoms with Crippen LogP contribution in [0.2, 0.25) is 0 Å². The van der Waals surface area contributed by atoms with Crippen LogP contribution in [0, 0.1) is 0 Å². The van der Waals surface area contributed by atoms with Crippen LogP contribution < -0.4 is 14.8 Å². The molecule has 4 rings (SSSR count). The zero-order valence-corrected chi connectivity index (χ0v) is 17.6. The maximum atomic E-state index is 12.6. The molecular formula is C25H27NO5. The molecule has 0 saturated carbocycles. The average molecular weight is 421 g/mol. The van der Waals surface area contributed by atoms with Crippen molar-refractivity contribution in [3.8, 4) is 11.5 Å². The number of nitrogens with one attached hydrogen (secondary N) is 1. The molecule has 2 aromatic rings. The van der Waals surface area contributed by atoms with Crippen molar-refractivity contribution in [2.45, 2.75) is 44.8 Å². The number of rotatable bonds is 5. The van der Waals surface area contributed by atoms with Crippen LogP contribution >= 0.6 is 0 Å². The lowest BCUT2D eigenvalue weighted by atomic mass is 9.87. The van der Waals surface area contributed by atoms with E-state index in [0.29, 0.717) is 24.7 Å². The van der Waals surface area contributed by atoms with E-state index in [2.05, 4.69) is 11.4 Å². The topological polar surface area (TPSA) is 73.9 Å². The van der Waals surface area contributed by atoms with Gasteiger partial charge in [0.2, 0.25) is 0 Å². The first-order valence-electron chi connectivity index (χ1n) is 10.8. The van der Waals surface area contributed by atoms with Crippen LogP contribution in [0.4, 0.5) is 0 Å². The summed E-state index contributed by atoms with van der Waals surface area (Å²) in [6, 6.07) is 13.6. The molecule has 1 heterocycles. The molecule has 1 amide bonds. The maximum Gasteiger partial charge on any atom is 0.331 e. The van der Waals surface area contributed by atoms with Gasteiger partial charge in [-0.05, 0) is 61.1 Å². The van der Waals surface area contributed by atoms with Crippen molar-refractivity contribution in [1.29, 1.82) is 0 Å². The molecule has 0 aromatic heterocycles. The van der Waals surface area contributed by atoms with E-state index >= 15 is 0 Å². The monoisotopic (exact) mass is 421 g/mol. The van der Waals surface area contributed by atoms with Crippen LogP contribution in [0.3, 0.4) is 0 Å². The molecule has 0 spiro atoms. The highest BCUT2D eigenvalue weighted by Crippen LogP contribution is 2.31. The minimum atomic E-state index is -0.880. The minimum Gasteiger partial charge on any atom is -0.490 e. The number of carbonyl (C=O) groups is 2. The Balaban J connectivity index is 1.32. The lowest BCUT2D eigenvalue weighted by Crippen LogP contribution is -2.39. The number of benzene rings is 2. The zero-order valence-electron chi connectivity index (χ0n) is 17.6. The molecule has 31 heavy (non-hydrogen) atoms. The van der Waals surface area contributed by atoms with Gasteiger partial charge in [-0.1, -0.05) is 30.3 Å². The van der Waals surface area contributed by atoms with Crippen LogP contribution in [-0.2, 0) is 20.7 Å². The van der Waals surface area contributed by atoms with E-state index in [1.54, 1.807) is 13.0 Å². The molecular weight excluding hydrogens is 394 g/mol. The first-order chi connectivity index (χ1) is 15.1. The van der Waals surface area contributed by atoms with Crippen molar-refractivity contribution < 1.29 is 23.8 Å². The minimum absolute atomic E-state index is 0.0454. The van der Waals surface area contributed by atoms with Gasteiger partial charge in [-0.25, -0.2) is 4.79 Å². The third kappa shape index (κ3) is 5.26. The summed E-state index contributed by atoms with van der Waals surface area (Å²) in [5, 5.41) is 3.02. The molecule has 0 bridgehead atoms. The van der Waals surface area contributed by atoms with E-state index in [0.717, 1.165) is 36.8 Å². The van der Waals surface area contributed by atoms with Crippen LogP contribution in [0.15, 0.2) is 48.5 Å².